The Kier molecular flexibility index (Phi) is 4.30. The first kappa shape index (κ1) is 13.4. The summed E-state index contributed by atoms with van der Waals surface area (Å²) in [5.74, 6) is -1.04. The van der Waals surface area contributed by atoms with Gasteiger partial charge in [-0.1, -0.05) is 6.07 Å². The van der Waals surface area contributed by atoms with Gasteiger partial charge >= 0.3 is 0 Å². The van der Waals surface area contributed by atoms with Gasteiger partial charge in [-0.25, -0.2) is 8.78 Å². The Hall–Kier alpha value is -1.00. The molecule has 3 atom stereocenters. The molecule has 1 aliphatic rings. The van der Waals surface area contributed by atoms with Gasteiger partial charge < -0.3 is 10.1 Å². The Bertz CT molecular complexity index is 411. The maximum atomic E-state index is 13.6. The summed E-state index contributed by atoms with van der Waals surface area (Å²) in [5.41, 5.74) is 0.498. The molecule has 0 saturated heterocycles. The Labute approximate surface area is 106 Å². The molecular formula is C14H19F2NO. The number of benzene rings is 1. The molecule has 0 bridgehead atoms. The minimum atomic E-state index is -0.543. The number of methoxy groups -OCH3 is 1. The molecule has 1 aliphatic carbocycles. The molecule has 4 heteroatoms. The summed E-state index contributed by atoms with van der Waals surface area (Å²) < 4.78 is 31.9. The van der Waals surface area contributed by atoms with Crippen molar-refractivity contribution >= 4 is 0 Å². The summed E-state index contributed by atoms with van der Waals surface area (Å²) in [4.78, 5) is 0. The van der Waals surface area contributed by atoms with Gasteiger partial charge in [-0.3, -0.25) is 0 Å². The van der Waals surface area contributed by atoms with E-state index in [9.17, 15) is 8.78 Å². The number of nitrogens with one attached hydrogen (secondary N) is 1. The van der Waals surface area contributed by atoms with Crippen molar-refractivity contribution in [3.8, 4) is 0 Å². The maximum Gasteiger partial charge on any atom is 0.130 e. The summed E-state index contributed by atoms with van der Waals surface area (Å²) in [5, 5.41) is 3.37. The highest BCUT2D eigenvalue weighted by Gasteiger charge is 2.28. The topological polar surface area (TPSA) is 21.3 Å². The highest BCUT2D eigenvalue weighted by atomic mass is 19.1. The Morgan fingerprint density at radius 2 is 2.11 bits per heavy atom. The quantitative estimate of drug-likeness (QED) is 0.892. The minimum absolute atomic E-state index is 0.147. The first-order chi connectivity index (χ1) is 8.61. The first-order valence-electron chi connectivity index (χ1n) is 6.35. The average Bonchev–Trinajstić information content (AvgIpc) is 2.76. The van der Waals surface area contributed by atoms with E-state index in [1.54, 1.807) is 7.11 Å². The molecule has 1 aromatic rings. The highest BCUT2D eigenvalue weighted by molar-refractivity contribution is 5.21. The van der Waals surface area contributed by atoms with Crippen molar-refractivity contribution in [2.24, 2.45) is 0 Å². The second-order valence-corrected chi connectivity index (χ2v) is 4.87. The third-order valence-corrected chi connectivity index (χ3v) is 3.65. The Morgan fingerprint density at radius 1 is 1.33 bits per heavy atom. The standard InChI is InChI=1S/C14H19F2NO/c1-9(11-7-6-10(15)8-12(11)16)17-13-4-3-5-14(13)18-2/h6-9,13-14,17H,3-5H2,1-2H3. The zero-order valence-electron chi connectivity index (χ0n) is 10.7. The summed E-state index contributed by atoms with van der Waals surface area (Å²) in [6.07, 6.45) is 3.38. The van der Waals surface area contributed by atoms with Crippen LogP contribution in [-0.2, 0) is 4.74 Å². The number of ether oxygens (including phenoxy) is 1. The monoisotopic (exact) mass is 255 g/mol. The van der Waals surface area contributed by atoms with Gasteiger partial charge in [-0.05, 0) is 32.3 Å². The molecule has 0 amide bonds. The van der Waals surface area contributed by atoms with Crippen molar-refractivity contribution in [3.05, 3.63) is 35.4 Å². The van der Waals surface area contributed by atoms with Crippen LogP contribution in [0.15, 0.2) is 18.2 Å². The molecule has 0 radical (unpaired) electrons. The van der Waals surface area contributed by atoms with Crippen LogP contribution >= 0.6 is 0 Å². The van der Waals surface area contributed by atoms with E-state index in [0.717, 1.165) is 25.3 Å². The van der Waals surface area contributed by atoms with E-state index in [1.165, 1.54) is 12.1 Å². The second-order valence-electron chi connectivity index (χ2n) is 4.87. The molecule has 1 N–H and O–H groups in total. The highest BCUT2D eigenvalue weighted by Crippen LogP contribution is 2.25. The molecule has 100 valence electrons. The van der Waals surface area contributed by atoms with Crippen LogP contribution < -0.4 is 5.32 Å². The first-order valence-corrected chi connectivity index (χ1v) is 6.35. The molecule has 0 aromatic heterocycles. The fourth-order valence-electron chi connectivity index (χ4n) is 2.66. The predicted molar refractivity (Wildman–Crippen MR) is 66.3 cm³/mol. The summed E-state index contributed by atoms with van der Waals surface area (Å²) >= 11 is 0. The normalized spacial score (nSPS) is 25.3. The van der Waals surface area contributed by atoms with Crippen LogP contribution in [0.1, 0.15) is 37.8 Å². The lowest BCUT2D eigenvalue weighted by atomic mass is 10.1. The van der Waals surface area contributed by atoms with E-state index < -0.39 is 11.6 Å². The lowest BCUT2D eigenvalue weighted by Gasteiger charge is -2.24. The van der Waals surface area contributed by atoms with Gasteiger partial charge in [0, 0.05) is 30.8 Å². The zero-order chi connectivity index (χ0) is 13.1. The molecule has 1 saturated carbocycles. The largest absolute Gasteiger partial charge is 0.380 e. The van der Waals surface area contributed by atoms with E-state index in [-0.39, 0.29) is 18.2 Å². The van der Waals surface area contributed by atoms with E-state index in [2.05, 4.69) is 5.32 Å². The third kappa shape index (κ3) is 2.87. The van der Waals surface area contributed by atoms with Crippen LogP contribution in [0.25, 0.3) is 0 Å². The van der Waals surface area contributed by atoms with Crippen molar-refractivity contribution in [2.45, 2.75) is 44.4 Å². The van der Waals surface area contributed by atoms with Crippen molar-refractivity contribution in [2.75, 3.05) is 7.11 Å². The molecule has 0 heterocycles. The van der Waals surface area contributed by atoms with Gasteiger partial charge in [0.1, 0.15) is 11.6 Å². The van der Waals surface area contributed by atoms with Crippen LogP contribution in [0.3, 0.4) is 0 Å². The summed E-state index contributed by atoms with van der Waals surface area (Å²) in [6, 6.07) is 3.81. The maximum absolute atomic E-state index is 13.6. The van der Waals surface area contributed by atoms with Crippen molar-refractivity contribution in [3.63, 3.8) is 0 Å². The molecule has 0 spiro atoms. The number of halogens is 2. The fourth-order valence-corrected chi connectivity index (χ4v) is 2.66. The van der Waals surface area contributed by atoms with Crippen LogP contribution in [-0.4, -0.2) is 19.3 Å². The van der Waals surface area contributed by atoms with Crippen LogP contribution in [0.5, 0.6) is 0 Å². The predicted octanol–water partition coefficient (Wildman–Crippen LogP) is 3.18. The van der Waals surface area contributed by atoms with E-state index in [4.69, 9.17) is 4.74 Å². The molecule has 2 nitrogen and oxygen atoms in total. The number of hydrogen-bond donors (Lipinski definition) is 1. The molecular weight excluding hydrogens is 236 g/mol. The Balaban J connectivity index is 2.05. The summed E-state index contributed by atoms with van der Waals surface area (Å²) in [6.45, 7) is 1.89. The zero-order valence-corrected chi connectivity index (χ0v) is 10.7. The molecule has 2 rings (SSSR count). The summed E-state index contributed by atoms with van der Waals surface area (Å²) in [7, 11) is 1.70. The van der Waals surface area contributed by atoms with Crippen molar-refractivity contribution in [1.29, 1.82) is 0 Å². The van der Waals surface area contributed by atoms with Crippen LogP contribution in [0, 0.1) is 11.6 Å². The van der Waals surface area contributed by atoms with Gasteiger partial charge in [0.05, 0.1) is 6.10 Å². The minimum Gasteiger partial charge on any atom is -0.380 e. The van der Waals surface area contributed by atoms with E-state index in [0.29, 0.717) is 5.56 Å². The third-order valence-electron chi connectivity index (χ3n) is 3.65. The lowest BCUT2D eigenvalue weighted by Crippen LogP contribution is -2.38. The second kappa shape index (κ2) is 5.76. The molecule has 1 fully saturated rings. The Morgan fingerprint density at radius 3 is 2.78 bits per heavy atom. The molecule has 0 aliphatic heterocycles. The van der Waals surface area contributed by atoms with Gasteiger partial charge in [-0.2, -0.15) is 0 Å². The molecule has 3 unspecified atom stereocenters. The van der Waals surface area contributed by atoms with Crippen LogP contribution in [0.4, 0.5) is 8.78 Å². The van der Waals surface area contributed by atoms with Gasteiger partial charge in [0.15, 0.2) is 0 Å². The smallest absolute Gasteiger partial charge is 0.130 e. The fraction of sp³-hybridized carbons (Fsp3) is 0.571. The van der Waals surface area contributed by atoms with Gasteiger partial charge in [0.2, 0.25) is 0 Å². The molecule has 1 aromatic carbocycles. The molecule has 18 heavy (non-hydrogen) atoms. The average molecular weight is 255 g/mol. The SMILES string of the molecule is COC1CCCC1NC(C)c1ccc(F)cc1F. The number of hydrogen-bond acceptors (Lipinski definition) is 2. The number of rotatable bonds is 4. The van der Waals surface area contributed by atoms with E-state index >= 15 is 0 Å². The van der Waals surface area contributed by atoms with E-state index in [1.807, 2.05) is 6.92 Å². The van der Waals surface area contributed by atoms with Crippen molar-refractivity contribution < 1.29 is 13.5 Å². The lowest BCUT2D eigenvalue weighted by molar-refractivity contribution is 0.0818. The van der Waals surface area contributed by atoms with Crippen molar-refractivity contribution in [1.82, 2.24) is 5.32 Å². The van der Waals surface area contributed by atoms with Gasteiger partial charge in [0.25, 0.3) is 0 Å². The van der Waals surface area contributed by atoms with Crippen LogP contribution in [0.2, 0.25) is 0 Å². The van der Waals surface area contributed by atoms with Gasteiger partial charge in [-0.15, -0.1) is 0 Å².